The highest BCUT2D eigenvalue weighted by molar-refractivity contribution is 5.38. The molecule has 0 aliphatic carbocycles. The van der Waals surface area contributed by atoms with Gasteiger partial charge in [0.15, 0.2) is 0 Å². The number of pyridine rings is 1. The van der Waals surface area contributed by atoms with Crippen LogP contribution in [-0.4, -0.2) is 23.2 Å². The molecule has 0 saturated carbocycles. The Bertz CT molecular complexity index is 355. The summed E-state index contributed by atoms with van der Waals surface area (Å²) in [6, 6.07) is 1.91. The first-order valence-corrected chi connectivity index (χ1v) is 5.31. The summed E-state index contributed by atoms with van der Waals surface area (Å²) in [6.07, 6.45) is -2.62. The minimum Gasteiger partial charge on any atom is -0.396 e. The maximum atomic E-state index is 12.4. The number of halogens is 3. The minimum absolute atomic E-state index is 0.0683. The lowest BCUT2D eigenvalue weighted by atomic mass is 10.1. The van der Waals surface area contributed by atoms with Gasteiger partial charge in [-0.25, -0.2) is 4.98 Å². The summed E-state index contributed by atoms with van der Waals surface area (Å²) < 4.78 is 37.2. The summed E-state index contributed by atoms with van der Waals surface area (Å²) in [5, 5.41) is 11.5. The second-order valence-electron chi connectivity index (χ2n) is 3.93. The van der Waals surface area contributed by atoms with Crippen LogP contribution in [0.5, 0.6) is 0 Å². The summed E-state index contributed by atoms with van der Waals surface area (Å²) in [5.74, 6) is 0.376. The topological polar surface area (TPSA) is 45.1 Å². The number of hydrogen-bond acceptors (Lipinski definition) is 3. The van der Waals surface area contributed by atoms with Crippen molar-refractivity contribution in [1.82, 2.24) is 4.98 Å². The van der Waals surface area contributed by atoms with Crippen molar-refractivity contribution in [2.75, 3.05) is 18.5 Å². The third-order valence-corrected chi connectivity index (χ3v) is 2.34. The van der Waals surface area contributed by atoms with E-state index in [-0.39, 0.29) is 18.3 Å². The largest absolute Gasteiger partial charge is 0.416 e. The van der Waals surface area contributed by atoms with E-state index in [0.29, 0.717) is 13.0 Å². The molecular formula is C11H15F3N2O. The van der Waals surface area contributed by atoms with Gasteiger partial charge in [0, 0.05) is 19.3 Å². The number of alkyl halides is 3. The molecule has 0 spiro atoms. The Morgan fingerprint density at radius 1 is 1.47 bits per heavy atom. The molecule has 0 saturated heterocycles. The molecule has 17 heavy (non-hydrogen) atoms. The molecule has 0 fully saturated rings. The molecule has 6 heteroatoms. The third-order valence-electron chi connectivity index (χ3n) is 2.34. The van der Waals surface area contributed by atoms with Crippen molar-refractivity contribution in [2.45, 2.75) is 19.5 Å². The number of nitrogens with zero attached hydrogens (tertiary/aromatic N) is 1. The monoisotopic (exact) mass is 248 g/mol. The molecule has 1 aromatic heterocycles. The van der Waals surface area contributed by atoms with Crippen LogP contribution in [-0.2, 0) is 6.18 Å². The molecule has 0 radical (unpaired) electrons. The van der Waals surface area contributed by atoms with E-state index in [1.54, 1.807) is 0 Å². The number of aromatic nitrogens is 1. The first kappa shape index (κ1) is 13.8. The Morgan fingerprint density at radius 2 is 2.18 bits per heavy atom. The molecule has 0 aliphatic heterocycles. The normalized spacial score (nSPS) is 13.5. The number of aliphatic hydroxyl groups is 1. The van der Waals surface area contributed by atoms with Gasteiger partial charge in [0.05, 0.1) is 5.56 Å². The standard InChI is InChI=1S/C11H15F3N2O/c1-8(3-5-17)7-16-10-6-9(2-4-15-10)11(12,13)14/h2,4,6,8,17H,3,5,7H2,1H3,(H,15,16). The Hall–Kier alpha value is -1.30. The minimum atomic E-state index is -4.35. The van der Waals surface area contributed by atoms with Gasteiger partial charge in [0.1, 0.15) is 5.82 Å². The van der Waals surface area contributed by atoms with Crippen molar-refractivity contribution in [3.05, 3.63) is 23.9 Å². The first-order valence-electron chi connectivity index (χ1n) is 5.31. The van der Waals surface area contributed by atoms with Crippen molar-refractivity contribution in [2.24, 2.45) is 5.92 Å². The van der Waals surface area contributed by atoms with Crippen LogP contribution in [0.1, 0.15) is 18.9 Å². The molecule has 1 unspecified atom stereocenters. The molecule has 0 amide bonds. The van der Waals surface area contributed by atoms with Crippen molar-refractivity contribution < 1.29 is 18.3 Å². The Balaban J connectivity index is 2.60. The molecule has 0 aliphatic rings. The highest BCUT2D eigenvalue weighted by Crippen LogP contribution is 2.29. The third kappa shape index (κ3) is 4.60. The van der Waals surface area contributed by atoms with E-state index in [4.69, 9.17) is 5.11 Å². The van der Waals surface area contributed by atoms with Crippen LogP contribution in [0, 0.1) is 5.92 Å². The van der Waals surface area contributed by atoms with Crippen molar-refractivity contribution in [1.29, 1.82) is 0 Å². The zero-order valence-corrected chi connectivity index (χ0v) is 9.46. The fourth-order valence-corrected chi connectivity index (χ4v) is 1.30. The van der Waals surface area contributed by atoms with E-state index in [1.165, 1.54) is 0 Å². The average molecular weight is 248 g/mol. The second-order valence-corrected chi connectivity index (χ2v) is 3.93. The van der Waals surface area contributed by atoms with Gasteiger partial charge in [0.2, 0.25) is 0 Å². The van der Waals surface area contributed by atoms with Crippen molar-refractivity contribution >= 4 is 5.82 Å². The van der Waals surface area contributed by atoms with E-state index in [0.717, 1.165) is 18.3 Å². The molecule has 1 rings (SSSR count). The van der Waals surface area contributed by atoms with Gasteiger partial charge in [0.25, 0.3) is 0 Å². The van der Waals surface area contributed by atoms with Crippen molar-refractivity contribution in [3.63, 3.8) is 0 Å². The fraction of sp³-hybridized carbons (Fsp3) is 0.545. The number of aliphatic hydroxyl groups excluding tert-OH is 1. The predicted octanol–water partition coefficient (Wildman–Crippen LogP) is 2.53. The summed E-state index contributed by atoms with van der Waals surface area (Å²) in [5.41, 5.74) is -0.718. The lowest BCUT2D eigenvalue weighted by Crippen LogP contribution is -2.14. The van der Waals surface area contributed by atoms with Gasteiger partial charge < -0.3 is 10.4 Å². The number of anilines is 1. The van der Waals surface area contributed by atoms with Crippen LogP contribution in [0.15, 0.2) is 18.3 Å². The Morgan fingerprint density at radius 3 is 2.76 bits per heavy atom. The summed E-state index contributed by atoms with van der Waals surface area (Å²) >= 11 is 0. The predicted molar refractivity (Wildman–Crippen MR) is 58.6 cm³/mol. The van der Waals surface area contributed by atoms with Crippen LogP contribution in [0.3, 0.4) is 0 Å². The zero-order chi connectivity index (χ0) is 12.9. The molecule has 0 aromatic carbocycles. The highest BCUT2D eigenvalue weighted by Gasteiger charge is 2.30. The van der Waals surface area contributed by atoms with Crippen LogP contribution in [0.4, 0.5) is 19.0 Å². The molecule has 0 bridgehead atoms. The smallest absolute Gasteiger partial charge is 0.396 e. The average Bonchev–Trinajstić information content (AvgIpc) is 2.26. The zero-order valence-electron chi connectivity index (χ0n) is 9.46. The van der Waals surface area contributed by atoms with Crippen LogP contribution in [0.25, 0.3) is 0 Å². The second kappa shape index (κ2) is 5.86. The van der Waals surface area contributed by atoms with Crippen LogP contribution >= 0.6 is 0 Å². The van der Waals surface area contributed by atoms with Gasteiger partial charge in [-0.2, -0.15) is 13.2 Å². The van der Waals surface area contributed by atoms with Gasteiger partial charge in [-0.1, -0.05) is 6.92 Å². The van der Waals surface area contributed by atoms with Crippen LogP contribution in [0.2, 0.25) is 0 Å². The van der Waals surface area contributed by atoms with Crippen LogP contribution < -0.4 is 5.32 Å². The van der Waals surface area contributed by atoms with Gasteiger partial charge in [-0.15, -0.1) is 0 Å². The first-order chi connectivity index (χ1) is 7.93. The van der Waals surface area contributed by atoms with E-state index in [1.807, 2.05) is 6.92 Å². The summed E-state index contributed by atoms with van der Waals surface area (Å²) in [6.45, 7) is 2.45. The van der Waals surface area contributed by atoms with E-state index in [2.05, 4.69) is 10.3 Å². The van der Waals surface area contributed by atoms with Gasteiger partial charge in [-0.3, -0.25) is 0 Å². The SMILES string of the molecule is CC(CCO)CNc1cc(C(F)(F)F)ccn1. The summed E-state index contributed by atoms with van der Waals surface area (Å²) in [7, 11) is 0. The molecule has 2 N–H and O–H groups in total. The Kier molecular flexibility index (Phi) is 4.74. The van der Waals surface area contributed by atoms with E-state index < -0.39 is 11.7 Å². The number of rotatable bonds is 5. The van der Waals surface area contributed by atoms with Gasteiger partial charge >= 0.3 is 6.18 Å². The molecule has 1 atom stereocenters. The number of nitrogens with one attached hydrogen (secondary N) is 1. The van der Waals surface area contributed by atoms with Crippen molar-refractivity contribution in [3.8, 4) is 0 Å². The molecule has 1 heterocycles. The fourth-order valence-electron chi connectivity index (χ4n) is 1.30. The van der Waals surface area contributed by atoms with E-state index in [9.17, 15) is 13.2 Å². The maximum absolute atomic E-state index is 12.4. The maximum Gasteiger partial charge on any atom is 0.416 e. The number of hydrogen-bond donors (Lipinski definition) is 2. The highest BCUT2D eigenvalue weighted by atomic mass is 19.4. The van der Waals surface area contributed by atoms with E-state index >= 15 is 0 Å². The lowest BCUT2D eigenvalue weighted by molar-refractivity contribution is -0.137. The molecule has 1 aromatic rings. The molecule has 96 valence electrons. The molecule has 3 nitrogen and oxygen atoms in total. The Labute approximate surface area is 97.7 Å². The van der Waals surface area contributed by atoms with Gasteiger partial charge in [-0.05, 0) is 24.5 Å². The molecular weight excluding hydrogens is 233 g/mol. The quantitative estimate of drug-likeness (QED) is 0.841. The lowest BCUT2D eigenvalue weighted by Gasteiger charge is -2.13. The summed E-state index contributed by atoms with van der Waals surface area (Å²) in [4.78, 5) is 3.81.